The van der Waals surface area contributed by atoms with Gasteiger partial charge in [-0.15, -0.1) is 0 Å². The van der Waals surface area contributed by atoms with Crippen molar-refractivity contribution in [3.63, 3.8) is 0 Å². The van der Waals surface area contributed by atoms with E-state index in [0.29, 0.717) is 17.9 Å². The molecular weight excluding hydrogens is 294 g/mol. The standard InChI is InChI=1S/C15H14ClNO4/c1-2-14(18)10-3-6-12(7-4-10)21-15-8-5-11(17(19)20)9-13(15)16/h3-9,14,18H,2H2,1H3/t14-/m0/s1. The zero-order chi connectivity index (χ0) is 15.4. The van der Waals surface area contributed by atoms with E-state index in [1.54, 1.807) is 24.3 Å². The van der Waals surface area contributed by atoms with Crippen LogP contribution < -0.4 is 4.74 Å². The molecule has 0 heterocycles. The van der Waals surface area contributed by atoms with Crippen LogP contribution in [0.1, 0.15) is 25.0 Å². The average molecular weight is 308 g/mol. The molecule has 2 aromatic rings. The van der Waals surface area contributed by atoms with E-state index in [2.05, 4.69) is 0 Å². The number of aliphatic hydroxyl groups excluding tert-OH is 1. The first-order valence-electron chi connectivity index (χ1n) is 6.41. The summed E-state index contributed by atoms with van der Waals surface area (Å²) in [6.45, 7) is 1.89. The number of benzene rings is 2. The minimum absolute atomic E-state index is 0.0891. The van der Waals surface area contributed by atoms with Crippen LogP contribution in [0.25, 0.3) is 0 Å². The summed E-state index contributed by atoms with van der Waals surface area (Å²) in [5, 5.41) is 20.5. The molecule has 0 saturated carbocycles. The van der Waals surface area contributed by atoms with Gasteiger partial charge in [-0.2, -0.15) is 0 Å². The molecule has 5 nitrogen and oxygen atoms in total. The average Bonchev–Trinajstić information content (AvgIpc) is 2.49. The molecule has 0 radical (unpaired) electrons. The first-order valence-corrected chi connectivity index (χ1v) is 6.79. The van der Waals surface area contributed by atoms with E-state index in [1.165, 1.54) is 18.2 Å². The van der Waals surface area contributed by atoms with Gasteiger partial charge in [0.05, 0.1) is 16.0 Å². The van der Waals surface area contributed by atoms with E-state index < -0.39 is 11.0 Å². The second-order valence-corrected chi connectivity index (χ2v) is 4.87. The van der Waals surface area contributed by atoms with Gasteiger partial charge in [-0.25, -0.2) is 0 Å². The van der Waals surface area contributed by atoms with E-state index in [1.807, 2.05) is 6.92 Å². The highest BCUT2D eigenvalue weighted by molar-refractivity contribution is 6.32. The quantitative estimate of drug-likeness (QED) is 0.652. The van der Waals surface area contributed by atoms with Crippen LogP contribution in [0.2, 0.25) is 5.02 Å². The molecule has 0 aliphatic heterocycles. The second-order valence-electron chi connectivity index (χ2n) is 4.47. The van der Waals surface area contributed by atoms with Gasteiger partial charge in [-0.1, -0.05) is 30.7 Å². The predicted octanol–water partition coefficient (Wildman–Crippen LogP) is 4.48. The Labute approximate surface area is 126 Å². The highest BCUT2D eigenvalue weighted by Crippen LogP contribution is 2.32. The van der Waals surface area contributed by atoms with E-state index >= 15 is 0 Å². The molecule has 21 heavy (non-hydrogen) atoms. The van der Waals surface area contributed by atoms with Gasteiger partial charge in [0.15, 0.2) is 0 Å². The summed E-state index contributed by atoms with van der Waals surface area (Å²) in [7, 11) is 0. The maximum absolute atomic E-state index is 10.6. The van der Waals surface area contributed by atoms with E-state index in [0.717, 1.165) is 5.56 Å². The topological polar surface area (TPSA) is 72.6 Å². The van der Waals surface area contributed by atoms with Gasteiger partial charge in [0, 0.05) is 12.1 Å². The van der Waals surface area contributed by atoms with Crippen molar-refractivity contribution in [2.75, 3.05) is 0 Å². The van der Waals surface area contributed by atoms with Crippen molar-refractivity contribution in [3.8, 4) is 11.5 Å². The van der Waals surface area contributed by atoms with Crippen LogP contribution in [0.3, 0.4) is 0 Å². The second kappa shape index (κ2) is 6.56. The minimum atomic E-state index is -0.517. The van der Waals surface area contributed by atoms with Crippen molar-refractivity contribution >= 4 is 17.3 Å². The number of ether oxygens (including phenoxy) is 1. The Bertz CT molecular complexity index is 643. The minimum Gasteiger partial charge on any atom is -0.456 e. The number of nitrogens with zero attached hydrogens (tertiary/aromatic N) is 1. The number of aliphatic hydroxyl groups is 1. The molecule has 0 amide bonds. The third-order valence-electron chi connectivity index (χ3n) is 3.01. The van der Waals surface area contributed by atoms with Gasteiger partial charge >= 0.3 is 0 Å². The molecule has 0 spiro atoms. The molecule has 0 fully saturated rings. The Balaban J connectivity index is 2.16. The molecule has 110 valence electrons. The number of hydrogen-bond acceptors (Lipinski definition) is 4. The number of non-ortho nitro benzene ring substituents is 1. The van der Waals surface area contributed by atoms with Crippen LogP contribution in [-0.2, 0) is 0 Å². The number of halogens is 1. The predicted molar refractivity (Wildman–Crippen MR) is 79.9 cm³/mol. The highest BCUT2D eigenvalue weighted by Gasteiger charge is 2.11. The molecule has 0 aliphatic rings. The Morgan fingerprint density at radius 1 is 1.29 bits per heavy atom. The summed E-state index contributed by atoms with van der Waals surface area (Å²) >= 11 is 5.96. The van der Waals surface area contributed by atoms with Crippen molar-refractivity contribution < 1.29 is 14.8 Å². The van der Waals surface area contributed by atoms with E-state index in [-0.39, 0.29) is 10.7 Å². The summed E-state index contributed by atoms with van der Waals surface area (Å²) in [6, 6.07) is 11.0. The Hall–Kier alpha value is -2.11. The van der Waals surface area contributed by atoms with Crippen LogP contribution in [0, 0.1) is 10.1 Å². The van der Waals surface area contributed by atoms with Crippen LogP contribution >= 0.6 is 11.6 Å². The monoisotopic (exact) mass is 307 g/mol. The molecule has 2 rings (SSSR count). The third kappa shape index (κ3) is 3.71. The van der Waals surface area contributed by atoms with E-state index in [9.17, 15) is 15.2 Å². The molecule has 0 unspecified atom stereocenters. The zero-order valence-electron chi connectivity index (χ0n) is 11.3. The van der Waals surface area contributed by atoms with Gasteiger partial charge in [0.25, 0.3) is 5.69 Å². The zero-order valence-corrected chi connectivity index (χ0v) is 12.1. The first-order chi connectivity index (χ1) is 10.0. The van der Waals surface area contributed by atoms with Crippen LogP contribution in [0.4, 0.5) is 5.69 Å². The Morgan fingerprint density at radius 3 is 2.48 bits per heavy atom. The SMILES string of the molecule is CC[C@H](O)c1ccc(Oc2ccc([N+](=O)[O-])cc2Cl)cc1. The third-order valence-corrected chi connectivity index (χ3v) is 3.30. The lowest BCUT2D eigenvalue weighted by Gasteiger charge is -2.10. The number of hydrogen-bond donors (Lipinski definition) is 1. The molecular formula is C15H14ClNO4. The highest BCUT2D eigenvalue weighted by atomic mass is 35.5. The lowest BCUT2D eigenvalue weighted by Crippen LogP contribution is -1.95. The summed E-state index contributed by atoms with van der Waals surface area (Å²) in [6.07, 6.45) is 0.135. The smallest absolute Gasteiger partial charge is 0.271 e. The van der Waals surface area contributed by atoms with Crippen molar-refractivity contribution in [2.24, 2.45) is 0 Å². The fourth-order valence-corrected chi connectivity index (χ4v) is 2.02. The molecule has 0 saturated heterocycles. The molecule has 0 aliphatic carbocycles. The Morgan fingerprint density at radius 2 is 1.95 bits per heavy atom. The van der Waals surface area contributed by atoms with Gasteiger partial charge in [-0.3, -0.25) is 10.1 Å². The number of nitro benzene ring substituents is 1. The van der Waals surface area contributed by atoms with Crippen LogP contribution in [0.15, 0.2) is 42.5 Å². The van der Waals surface area contributed by atoms with Crippen LogP contribution in [-0.4, -0.2) is 10.0 Å². The summed E-state index contributed by atoms with van der Waals surface area (Å²) in [5.41, 5.74) is 0.716. The van der Waals surface area contributed by atoms with Gasteiger partial charge in [-0.05, 0) is 30.2 Å². The maximum atomic E-state index is 10.6. The largest absolute Gasteiger partial charge is 0.456 e. The first kappa shape index (κ1) is 15.3. The van der Waals surface area contributed by atoms with Crippen molar-refractivity contribution in [1.82, 2.24) is 0 Å². The van der Waals surface area contributed by atoms with Crippen molar-refractivity contribution in [2.45, 2.75) is 19.4 Å². The summed E-state index contributed by atoms with van der Waals surface area (Å²) in [5.74, 6) is 0.879. The van der Waals surface area contributed by atoms with Gasteiger partial charge < -0.3 is 9.84 Å². The van der Waals surface area contributed by atoms with Gasteiger partial charge in [0.2, 0.25) is 0 Å². The molecule has 0 bridgehead atoms. The molecule has 6 heteroatoms. The summed E-state index contributed by atoms with van der Waals surface area (Å²) in [4.78, 5) is 10.1. The lowest BCUT2D eigenvalue weighted by atomic mass is 10.1. The number of rotatable bonds is 5. The van der Waals surface area contributed by atoms with Crippen molar-refractivity contribution in [3.05, 3.63) is 63.2 Å². The lowest BCUT2D eigenvalue weighted by molar-refractivity contribution is -0.384. The van der Waals surface area contributed by atoms with Crippen molar-refractivity contribution in [1.29, 1.82) is 0 Å². The molecule has 0 aromatic heterocycles. The maximum Gasteiger partial charge on any atom is 0.271 e. The normalized spacial score (nSPS) is 12.0. The molecule has 2 aromatic carbocycles. The summed E-state index contributed by atoms with van der Waals surface area (Å²) < 4.78 is 5.58. The molecule has 1 N–H and O–H groups in total. The van der Waals surface area contributed by atoms with Gasteiger partial charge in [0.1, 0.15) is 11.5 Å². The fourth-order valence-electron chi connectivity index (χ4n) is 1.81. The van der Waals surface area contributed by atoms with Crippen LogP contribution in [0.5, 0.6) is 11.5 Å². The molecule has 1 atom stereocenters. The fraction of sp³-hybridized carbons (Fsp3) is 0.200. The van der Waals surface area contributed by atoms with E-state index in [4.69, 9.17) is 16.3 Å². The Kier molecular flexibility index (Phi) is 4.77. The number of nitro groups is 1.